The fourth-order valence-corrected chi connectivity index (χ4v) is 3.77. The largest absolute Gasteiger partial charge is 0.490 e. The van der Waals surface area contributed by atoms with E-state index in [1.165, 1.54) is 11.6 Å². The fraction of sp³-hybridized carbons (Fsp3) is 0.207. The third-order valence-corrected chi connectivity index (χ3v) is 5.94. The molecule has 1 aliphatic rings. The molecule has 4 amide bonds. The molecule has 0 aromatic heterocycles. The van der Waals surface area contributed by atoms with Crippen LogP contribution in [0.3, 0.4) is 0 Å². The Morgan fingerprint density at radius 1 is 0.833 bits per heavy atom. The maximum absolute atomic E-state index is 13.2. The monoisotopic (exact) mass is 484 g/mol. The van der Waals surface area contributed by atoms with Crippen molar-refractivity contribution in [3.63, 3.8) is 0 Å². The van der Waals surface area contributed by atoms with Crippen molar-refractivity contribution in [1.82, 2.24) is 5.32 Å². The highest BCUT2D eigenvalue weighted by atomic mass is 16.5. The number of carbonyl (C=O) groups is 3. The van der Waals surface area contributed by atoms with E-state index >= 15 is 0 Å². The number of benzene rings is 3. The molecular weight excluding hydrogens is 456 g/mol. The molecule has 0 aliphatic carbocycles. The van der Waals surface area contributed by atoms with E-state index in [2.05, 4.69) is 5.32 Å². The van der Waals surface area contributed by atoms with Gasteiger partial charge in [-0.2, -0.15) is 0 Å². The Balaban J connectivity index is 1.61. The van der Waals surface area contributed by atoms with Gasteiger partial charge in [0.05, 0.1) is 12.3 Å². The van der Waals surface area contributed by atoms with Gasteiger partial charge in [0.15, 0.2) is 11.5 Å². The summed E-state index contributed by atoms with van der Waals surface area (Å²) in [6.07, 6.45) is 1.45. The molecule has 4 rings (SSSR count). The van der Waals surface area contributed by atoms with Crippen LogP contribution in [0.25, 0.3) is 6.08 Å². The molecule has 1 aliphatic heterocycles. The summed E-state index contributed by atoms with van der Waals surface area (Å²) in [5, 5.41) is 2.26. The number of barbiturate groups is 1. The molecule has 1 heterocycles. The minimum absolute atomic E-state index is 0.149. The molecule has 0 unspecified atom stereocenters. The van der Waals surface area contributed by atoms with Gasteiger partial charge in [-0.1, -0.05) is 42.0 Å². The number of nitrogens with one attached hydrogen (secondary N) is 1. The van der Waals surface area contributed by atoms with E-state index in [0.29, 0.717) is 36.0 Å². The van der Waals surface area contributed by atoms with Crippen molar-refractivity contribution < 1.29 is 23.9 Å². The Labute approximate surface area is 210 Å². The highest BCUT2D eigenvalue weighted by Crippen LogP contribution is 2.31. The lowest BCUT2D eigenvalue weighted by molar-refractivity contribution is -0.122. The lowest BCUT2D eigenvalue weighted by atomic mass is 10.0. The lowest BCUT2D eigenvalue weighted by Crippen LogP contribution is -2.54. The van der Waals surface area contributed by atoms with Gasteiger partial charge in [-0.25, -0.2) is 9.69 Å². The Kier molecular flexibility index (Phi) is 7.20. The molecule has 1 N–H and O–H groups in total. The Hall–Kier alpha value is -4.39. The third kappa shape index (κ3) is 5.30. The molecule has 0 saturated carbocycles. The summed E-state index contributed by atoms with van der Waals surface area (Å²) in [7, 11) is 0. The zero-order chi connectivity index (χ0) is 25.8. The molecule has 184 valence electrons. The van der Waals surface area contributed by atoms with Crippen molar-refractivity contribution >= 4 is 29.6 Å². The number of rotatable bonds is 7. The average Bonchev–Trinajstić information content (AvgIpc) is 2.84. The van der Waals surface area contributed by atoms with E-state index < -0.39 is 17.8 Å². The summed E-state index contributed by atoms with van der Waals surface area (Å²) in [5.74, 6) is -0.400. The highest BCUT2D eigenvalue weighted by Gasteiger charge is 2.37. The Morgan fingerprint density at radius 3 is 2.28 bits per heavy atom. The first-order valence-electron chi connectivity index (χ1n) is 11.7. The molecule has 36 heavy (non-hydrogen) atoms. The highest BCUT2D eigenvalue weighted by molar-refractivity contribution is 6.39. The van der Waals surface area contributed by atoms with Crippen molar-refractivity contribution in [2.45, 2.75) is 34.3 Å². The number of carbonyl (C=O) groups excluding carboxylic acids is 3. The van der Waals surface area contributed by atoms with Gasteiger partial charge in [-0.3, -0.25) is 14.9 Å². The van der Waals surface area contributed by atoms with Gasteiger partial charge in [0, 0.05) is 0 Å². The molecule has 0 atom stereocenters. The van der Waals surface area contributed by atoms with Gasteiger partial charge in [0.25, 0.3) is 11.8 Å². The van der Waals surface area contributed by atoms with Crippen molar-refractivity contribution in [2.24, 2.45) is 0 Å². The minimum atomic E-state index is -0.778. The smallest absolute Gasteiger partial charge is 0.335 e. The number of hydrogen-bond donors (Lipinski definition) is 1. The maximum Gasteiger partial charge on any atom is 0.335 e. The summed E-state index contributed by atoms with van der Waals surface area (Å²) in [6, 6.07) is 17.7. The summed E-state index contributed by atoms with van der Waals surface area (Å²) in [5.41, 5.74) is 4.97. The van der Waals surface area contributed by atoms with Crippen LogP contribution in [0.1, 0.15) is 34.7 Å². The standard InChI is InChI=1S/C29H28N2O5/c1-5-35-26-16-22(11-13-25(26)36-17-21-9-6-18(2)7-10-21)15-24-27(32)30-29(34)31(28(24)33)23-12-8-19(3)20(4)14-23/h6-16H,5,17H2,1-4H3,(H,30,32,34)/b24-15+. The molecule has 3 aromatic rings. The molecule has 0 bridgehead atoms. The average molecular weight is 485 g/mol. The van der Waals surface area contributed by atoms with Gasteiger partial charge >= 0.3 is 6.03 Å². The number of anilines is 1. The SMILES string of the molecule is CCOc1cc(/C=C2\C(=O)NC(=O)N(c3ccc(C)c(C)c3)C2=O)ccc1OCc1ccc(C)cc1. The Bertz CT molecular complexity index is 1360. The van der Waals surface area contributed by atoms with Gasteiger partial charge in [-0.05, 0) is 80.3 Å². The second-order valence-electron chi connectivity index (χ2n) is 8.64. The summed E-state index contributed by atoms with van der Waals surface area (Å²) in [6.45, 7) is 8.50. The van der Waals surface area contributed by atoms with Gasteiger partial charge < -0.3 is 9.47 Å². The van der Waals surface area contributed by atoms with Crippen molar-refractivity contribution in [2.75, 3.05) is 11.5 Å². The lowest BCUT2D eigenvalue weighted by Gasteiger charge is -2.27. The minimum Gasteiger partial charge on any atom is -0.490 e. The van der Waals surface area contributed by atoms with Gasteiger partial charge in [-0.15, -0.1) is 0 Å². The van der Waals surface area contributed by atoms with Crippen LogP contribution in [0.2, 0.25) is 0 Å². The molecule has 0 spiro atoms. The quantitative estimate of drug-likeness (QED) is 0.365. The first-order valence-corrected chi connectivity index (χ1v) is 11.7. The Morgan fingerprint density at radius 2 is 1.58 bits per heavy atom. The van der Waals surface area contributed by atoms with Crippen LogP contribution in [0.4, 0.5) is 10.5 Å². The van der Waals surface area contributed by atoms with Crippen molar-refractivity contribution in [3.8, 4) is 11.5 Å². The normalized spacial score (nSPS) is 14.7. The number of imide groups is 2. The van der Waals surface area contributed by atoms with Crippen molar-refractivity contribution in [3.05, 3.63) is 94.1 Å². The topological polar surface area (TPSA) is 84.9 Å². The van der Waals surface area contributed by atoms with Crippen LogP contribution in [0.15, 0.2) is 66.2 Å². The second-order valence-corrected chi connectivity index (χ2v) is 8.64. The van der Waals surface area contributed by atoms with E-state index in [4.69, 9.17) is 9.47 Å². The second kappa shape index (κ2) is 10.5. The van der Waals surface area contributed by atoms with Crippen molar-refractivity contribution in [1.29, 1.82) is 0 Å². The summed E-state index contributed by atoms with van der Waals surface area (Å²) < 4.78 is 11.7. The molecular formula is C29H28N2O5. The van der Waals surface area contributed by atoms with Crippen LogP contribution < -0.4 is 19.7 Å². The number of urea groups is 1. The fourth-order valence-electron chi connectivity index (χ4n) is 3.77. The maximum atomic E-state index is 13.2. The van der Waals surface area contributed by atoms with Crippen LogP contribution in [-0.4, -0.2) is 24.5 Å². The predicted molar refractivity (Wildman–Crippen MR) is 138 cm³/mol. The van der Waals surface area contributed by atoms with E-state index in [9.17, 15) is 14.4 Å². The van der Waals surface area contributed by atoms with E-state index in [0.717, 1.165) is 21.6 Å². The van der Waals surface area contributed by atoms with Gasteiger partial charge in [0.2, 0.25) is 0 Å². The zero-order valence-electron chi connectivity index (χ0n) is 20.8. The van der Waals surface area contributed by atoms with E-state index in [1.54, 1.807) is 30.3 Å². The first-order chi connectivity index (χ1) is 17.3. The number of amides is 4. The molecule has 3 aromatic carbocycles. The molecule has 0 radical (unpaired) electrons. The van der Waals surface area contributed by atoms with E-state index in [1.807, 2.05) is 58.0 Å². The number of hydrogen-bond acceptors (Lipinski definition) is 5. The van der Waals surface area contributed by atoms with Crippen LogP contribution in [-0.2, 0) is 16.2 Å². The molecule has 1 fully saturated rings. The van der Waals surface area contributed by atoms with Gasteiger partial charge in [0.1, 0.15) is 12.2 Å². The number of ether oxygens (including phenoxy) is 2. The molecule has 7 nitrogen and oxygen atoms in total. The number of aryl methyl sites for hydroxylation is 3. The molecule has 1 saturated heterocycles. The summed E-state index contributed by atoms with van der Waals surface area (Å²) >= 11 is 0. The molecule has 7 heteroatoms. The number of nitrogens with zero attached hydrogens (tertiary/aromatic N) is 1. The van der Waals surface area contributed by atoms with Crippen LogP contribution in [0.5, 0.6) is 11.5 Å². The third-order valence-electron chi connectivity index (χ3n) is 5.94. The first kappa shape index (κ1) is 24.7. The predicted octanol–water partition coefficient (Wildman–Crippen LogP) is 5.26. The van der Waals surface area contributed by atoms with Crippen LogP contribution >= 0.6 is 0 Å². The van der Waals surface area contributed by atoms with Crippen LogP contribution in [0, 0.1) is 20.8 Å². The summed E-state index contributed by atoms with van der Waals surface area (Å²) in [4.78, 5) is 39.3. The zero-order valence-corrected chi connectivity index (χ0v) is 20.8. The van der Waals surface area contributed by atoms with E-state index in [-0.39, 0.29) is 5.57 Å².